The molecule has 2 aliphatic rings. The summed E-state index contributed by atoms with van der Waals surface area (Å²) in [6.45, 7) is 5.93. The second-order valence-corrected chi connectivity index (χ2v) is 11.7. The minimum atomic E-state index is -0.721. The van der Waals surface area contributed by atoms with E-state index in [0.717, 1.165) is 61.0 Å². The van der Waals surface area contributed by atoms with E-state index in [0.29, 0.717) is 0 Å². The summed E-state index contributed by atoms with van der Waals surface area (Å²) in [7, 11) is -1.11. The fraction of sp³-hybridized carbons (Fsp3) is 0.333. The van der Waals surface area contributed by atoms with Crippen LogP contribution in [0.5, 0.6) is 0 Å². The maximum Gasteiger partial charge on any atom is 0.440 e. The van der Waals surface area contributed by atoms with Gasteiger partial charge in [0.25, 0.3) is 0 Å². The Morgan fingerprint density at radius 2 is 0.814 bits per heavy atom. The van der Waals surface area contributed by atoms with Crippen LogP contribution in [0.15, 0.2) is 121 Å². The average molecular weight is 572 g/mol. The molecule has 5 nitrogen and oxygen atoms in total. The van der Waals surface area contributed by atoms with Gasteiger partial charge in [0, 0.05) is 12.1 Å². The van der Waals surface area contributed by atoms with Gasteiger partial charge in [-0.15, -0.1) is 0 Å². The highest BCUT2D eigenvalue weighted by atomic mass is 16.7. The summed E-state index contributed by atoms with van der Waals surface area (Å²) < 4.78 is 20.9. The largest absolute Gasteiger partial charge is 0.451 e. The molecular formula is C36H42B2N2O3. The molecule has 43 heavy (non-hydrogen) atoms. The van der Waals surface area contributed by atoms with Crippen molar-refractivity contribution in [3.63, 3.8) is 0 Å². The first-order valence-corrected chi connectivity index (χ1v) is 15.8. The quantitative estimate of drug-likeness (QED) is 0.186. The lowest BCUT2D eigenvalue weighted by atomic mass is 9.74. The number of nitrogens with one attached hydrogen (secondary N) is 2. The topological polar surface area (TPSA) is 51.8 Å². The van der Waals surface area contributed by atoms with Crippen LogP contribution in [0.25, 0.3) is 0 Å². The highest BCUT2D eigenvalue weighted by Crippen LogP contribution is 2.43. The first-order valence-electron chi connectivity index (χ1n) is 15.8. The van der Waals surface area contributed by atoms with Crippen molar-refractivity contribution in [3.05, 3.63) is 144 Å². The molecule has 7 heteroatoms. The molecule has 0 radical (unpaired) electrons. The van der Waals surface area contributed by atoms with Crippen molar-refractivity contribution in [2.75, 3.05) is 13.1 Å². The SMILES string of the molecule is CB(OB(C)OC(c1ccccc1)(c1ccccc1)[C@@H]1CCCN1)OC(c1ccccc1)(c1ccccc1)[C@@H]1CCCN1. The average Bonchev–Trinajstić information content (AvgIpc) is 3.80. The van der Waals surface area contributed by atoms with Gasteiger partial charge in [-0.25, -0.2) is 0 Å². The van der Waals surface area contributed by atoms with Crippen LogP contribution in [-0.4, -0.2) is 39.4 Å². The molecule has 6 rings (SSSR count). The van der Waals surface area contributed by atoms with Gasteiger partial charge in [0.15, 0.2) is 0 Å². The predicted molar refractivity (Wildman–Crippen MR) is 176 cm³/mol. The summed E-state index contributed by atoms with van der Waals surface area (Å²) in [5, 5.41) is 7.50. The second kappa shape index (κ2) is 13.6. The smallest absolute Gasteiger partial charge is 0.440 e. The van der Waals surface area contributed by atoms with E-state index >= 15 is 0 Å². The van der Waals surface area contributed by atoms with E-state index in [1.807, 2.05) is 13.6 Å². The molecule has 2 fully saturated rings. The molecule has 2 saturated heterocycles. The van der Waals surface area contributed by atoms with Gasteiger partial charge >= 0.3 is 14.2 Å². The summed E-state index contributed by atoms with van der Waals surface area (Å²) >= 11 is 0. The molecule has 0 aromatic heterocycles. The molecular weight excluding hydrogens is 530 g/mol. The lowest BCUT2D eigenvalue weighted by molar-refractivity contribution is 0.0310. The summed E-state index contributed by atoms with van der Waals surface area (Å²) in [5.74, 6) is 0. The van der Waals surface area contributed by atoms with E-state index in [4.69, 9.17) is 13.9 Å². The molecule has 4 aromatic carbocycles. The minimum Gasteiger partial charge on any atom is -0.451 e. The van der Waals surface area contributed by atoms with Crippen LogP contribution >= 0.6 is 0 Å². The van der Waals surface area contributed by atoms with Gasteiger partial charge in [-0.1, -0.05) is 121 Å². The van der Waals surface area contributed by atoms with Crippen molar-refractivity contribution in [1.82, 2.24) is 10.6 Å². The molecule has 2 aliphatic heterocycles. The molecule has 0 amide bonds. The van der Waals surface area contributed by atoms with E-state index in [9.17, 15) is 0 Å². The fourth-order valence-corrected chi connectivity index (χ4v) is 7.23. The molecule has 0 bridgehead atoms. The number of benzene rings is 4. The Morgan fingerprint density at radius 1 is 0.512 bits per heavy atom. The van der Waals surface area contributed by atoms with Gasteiger partial charge in [0.1, 0.15) is 11.2 Å². The van der Waals surface area contributed by atoms with Gasteiger partial charge < -0.3 is 24.5 Å². The van der Waals surface area contributed by atoms with Gasteiger partial charge in [0.05, 0.1) is 0 Å². The molecule has 2 atom stereocenters. The van der Waals surface area contributed by atoms with E-state index < -0.39 is 25.4 Å². The van der Waals surface area contributed by atoms with Gasteiger partial charge in [0.2, 0.25) is 0 Å². The van der Waals surface area contributed by atoms with Gasteiger partial charge in [-0.2, -0.15) is 0 Å². The van der Waals surface area contributed by atoms with Crippen molar-refractivity contribution in [2.45, 2.75) is 62.6 Å². The third-order valence-corrected chi connectivity index (χ3v) is 9.00. The normalized spacial score (nSPS) is 18.9. The van der Waals surface area contributed by atoms with E-state index in [-0.39, 0.29) is 12.1 Å². The zero-order valence-electron chi connectivity index (χ0n) is 25.3. The van der Waals surface area contributed by atoms with Gasteiger partial charge in [-0.05, 0) is 74.7 Å². The van der Waals surface area contributed by atoms with Crippen LogP contribution in [0.2, 0.25) is 13.6 Å². The van der Waals surface area contributed by atoms with E-state index in [1.165, 1.54) is 0 Å². The minimum absolute atomic E-state index is 0.106. The monoisotopic (exact) mass is 572 g/mol. The predicted octanol–water partition coefficient (Wildman–Crippen LogP) is 6.66. The zero-order valence-corrected chi connectivity index (χ0v) is 25.3. The van der Waals surface area contributed by atoms with Crippen LogP contribution in [0.1, 0.15) is 47.9 Å². The van der Waals surface area contributed by atoms with Crippen LogP contribution in [-0.2, 0) is 25.1 Å². The number of hydrogen-bond acceptors (Lipinski definition) is 5. The summed E-state index contributed by atoms with van der Waals surface area (Å²) in [6, 6.07) is 42.5. The van der Waals surface area contributed by atoms with Gasteiger partial charge in [-0.3, -0.25) is 0 Å². The van der Waals surface area contributed by atoms with Crippen LogP contribution < -0.4 is 10.6 Å². The molecule has 0 saturated carbocycles. The molecule has 2 N–H and O–H groups in total. The standard InChI is InChI=1S/C36H42B2N2O3/c1-37(41-35(33-25-15-27-39-33,29-17-7-3-8-18-29)30-19-9-4-10-20-30)43-38(2)42-36(34-26-16-28-40-34,31-21-11-5-12-22-31)32-23-13-6-14-24-32/h3-14,17-24,33-34,39-40H,15-16,25-28H2,1-2H3/t33-,34-/m0/s1. The first-order chi connectivity index (χ1) is 21.1. The summed E-state index contributed by atoms with van der Waals surface area (Å²) in [5.41, 5.74) is 3.01. The molecule has 0 unspecified atom stereocenters. The summed E-state index contributed by atoms with van der Waals surface area (Å²) in [4.78, 5) is 0. The summed E-state index contributed by atoms with van der Waals surface area (Å²) in [6.07, 6.45) is 4.24. The van der Waals surface area contributed by atoms with Crippen LogP contribution in [0.3, 0.4) is 0 Å². The van der Waals surface area contributed by atoms with E-state index in [2.05, 4.69) is 132 Å². The Hall–Kier alpha value is -3.19. The van der Waals surface area contributed by atoms with Crippen LogP contribution in [0, 0.1) is 0 Å². The van der Waals surface area contributed by atoms with E-state index in [1.54, 1.807) is 0 Å². The third-order valence-electron chi connectivity index (χ3n) is 9.00. The maximum atomic E-state index is 7.14. The Bertz CT molecular complexity index is 1210. The molecule has 4 aromatic rings. The molecule has 2 heterocycles. The lowest BCUT2D eigenvalue weighted by Crippen LogP contribution is -2.54. The first kappa shape index (κ1) is 29.9. The lowest BCUT2D eigenvalue weighted by Gasteiger charge is -2.44. The Balaban J connectivity index is 1.33. The highest BCUT2D eigenvalue weighted by molar-refractivity contribution is 6.57. The van der Waals surface area contributed by atoms with Crippen molar-refractivity contribution in [1.29, 1.82) is 0 Å². The van der Waals surface area contributed by atoms with Crippen LogP contribution in [0.4, 0.5) is 0 Å². The molecule has 0 aliphatic carbocycles. The Kier molecular flexibility index (Phi) is 9.46. The maximum absolute atomic E-state index is 7.14. The van der Waals surface area contributed by atoms with Crippen molar-refractivity contribution >= 4 is 14.2 Å². The number of rotatable bonds is 12. The molecule has 0 spiro atoms. The fourth-order valence-electron chi connectivity index (χ4n) is 7.23. The highest BCUT2D eigenvalue weighted by Gasteiger charge is 2.49. The number of hydrogen-bond donors (Lipinski definition) is 2. The van der Waals surface area contributed by atoms with Crippen molar-refractivity contribution < 1.29 is 13.9 Å². The van der Waals surface area contributed by atoms with Crippen molar-refractivity contribution in [3.8, 4) is 0 Å². The Morgan fingerprint density at radius 3 is 1.07 bits per heavy atom. The second-order valence-electron chi connectivity index (χ2n) is 11.7. The zero-order chi connectivity index (χ0) is 29.5. The molecule has 220 valence electrons. The third kappa shape index (κ3) is 6.10. The van der Waals surface area contributed by atoms with Crippen molar-refractivity contribution in [2.24, 2.45) is 0 Å². The Labute approximate surface area is 257 Å².